The van der Waals surface area contributed by atoms with Crippen LogP contribution in [0.25, 0.3) is 22.4 Å². The van der Waals surface area contributed by atoms with Crippen LogP contribution in [-0.2, 0) is 11.3 Å². The van der Waals surface area contributed by atoms with Crippen LogP contribution in [0.3, 0.4) is 0 Å². The van der Waals surface area contributed by atoms with Crippen LogP contribution >= 0.6 is 0 Å². The maximum atomic E-state index is 12.1. The lowest BCUT2D eigenvalue weighted by molar-refractivity contribution is 0.0132. The van der Waals surface area contributed by atoms with E-state index in [9.17, 15) is 4.79 Å². The Hall–Kier alpha value is -4.21. The van der Waals surface area contributed by atoms with Crippen LogP contribution in [0.2, 0.25) is 0 Å². The van der Waals surface area contributed by atoms with Gasteiger partial charge in [-0.1, -0.05) is 36.4 Å². The number of nitrogens with one attached hydrogen (secondary N) is 1. The van der Waals surface area contributed by atoms with Crippen LogP contribution in [0.4, 0.5) is 5.82 Å². The van der Waals surface area contributed by atoms with Gasteiger partial charge in [-0.05, 0) is 56.2 Å². The van der Waals surface area contributed by atoms with Crippen molar-refractivity contribution in [3.63, 3.8) is 0 Å². The fraction of sp³-hybridized carbons (Fsp3) is 0.300. The molecule has 3 atom stereocenters. The van der Waals surface area contributed by atoms with Gasteiger partial charge in [0, 0.05) is 41.8 Å². The number of morpholine rings is 1. The Morgan fingerprint density at radius 1 is 1.13 bits per heavy atom. The Bertz CT molecular complexity index is 1710. The van der Waals surface area contributed by atoms with E-state index in [0.29, 0.717) is 30.2 Å². The van der Waals surface area contributed by atoms with Gasteiger partial charge in [-0.2, -0.15) is 4.98 Å². The monoisotopic (exact) mass is 521 g/mol. The molecular formula is C30H31N7O2. The molecule has 0 aliphatic carbocycles. The largest absolute Gasteiger partial charge is 0.375 e. The number of primary amides is 1. The number of aryl methyl sites for hydroxylation is 1. The first kappa shape index (κ1) is 23.9. The van der Waals surface area contributed by atoms with E-state index in [1.807, 2.05) is 52.4 Å². The number of carbonyl (C=O) groups is 1. The van der Waals surface area contributed by atoms with E-state index in [1.165, 1.54) is 0 Å². The molecule has 7 rings (SSSR count). The molecule has 0 saturated carbocycles. The Morgan fingerprint density at radius 3 is 2.72 bits per heavy atom. The molecule has 2 aliphatic rings. The van der Waals surface area contributed by atoms with Gasteiger partial charge >= 0.3 is 0 Å². The predicted molar refractivity (Wildman–Crippen MR) is 150 cm³/mol. The number of amides is 1. The fourth-order valence-corrected chi connectivity index (χ4v) is 6.24. The SMILES string of the molecule is Cc1cc2c(C(N)=O)cccc2n1-c1nc(NCc2ccccc2)c2ccc(C(C)N3CC4CC3CO4)n2n1. The van der Waals surface area contributed by atoms with Crippen LogP contribution in [0, 0.1) is 6.92 Å². The molecule has 2 bridgehead atoms. The number of benzene rings is 2. The molecule has 3 N–H and O–H groups in total. The molecule has 5 heterocycles. The number of ether oxygens (including phenoxy) is 1. The Labute approximate surface area is 226 Å². The highest BCUT2D eigenvalue weighted by atomic mass is 16.5. The van der Waals surface area contributed by atoms with Crippen LogP contribution in [-0.4, -0.2) is 55.3 Å². The summed E-state index contributed by atoms with van der Waals surface area (Å²) in [4.78, 5) is 19.7. The normalized spacial score (nSPS) is 19.7. The lowest BCUT2D eigenvalue weighted by atomic mass is 10.1. The number of anilines is 1. The van der Waals surface area contributed by atoms with Crippen LogP contribution < -0.4 is 11.1 Å². The molecule has 2 aromatic carbocycles. The first-order chi connectivity index (χ1) is 19.0. The molecule has 2 fully saturated rings. The van der Waals surface area contributed by atoms with Gasteiger partial charge in [-0.15, -0.1) is 5.10 Å². The summed E-state index contributed by atoms with van der Waals surface area (Å²) in [5.41, 5.74) is 11.1. The zero-order chi connectivity index (χ0) is 26.7. The molecular weight excluding hydrogens is 490 g/mol. The van der Waals surface area contributed by atoms with E-state index in [1.54, 1.807) is 6.07 Å². The highest BCUT2D eigenvalue weighted by molar-refractivity contribution is 6.06. The third-order valence-corrected chi connectivity index (χ3v) is 8.20. The van der Waals surface area contributed by atoms with Crippen molar-refractivity contribution in [2.24, 2.45) is 5.73 Å². The quantitative estimate of drug-likeness (QED) is 0.332. The molecule has 9 nitrogen and oxygen atoms in total. The van der Waals surface area contributed by atoms with E-state index in [2.05, 4.69) is 41.4 Å². The number of likely N-dealkylation sites (tertiary alicyclic amines) is 1. The number of carbonyl (C=O) groups excluding carboxylic acids is 1. The summed E-state index contributed by atoms with van der Waals surface area (Å²) in [6.07, 6.45) is 1.42. The van der Waals surface area contributed by atoms with Gasteiger partial charge in [-0.3, -0.25) is 14.3 Å². The second-order valence-corrected chi connectivity index (χ2v) is 10.6. The number of rotatable bonds is 7. The van der Waals surface area contributed by atoms with Gasteiger partial charge in [0.2, 0.25) is 5.91 Å². The maximum absolute atomic E-state index is 12.1. The molecule has 39 heavy (non-hydrogen) atoms. The van der Waals surface area contributed by atoms with Crippen molar-refractivity contribution >= 4 is 28.1 Å². The first-order valence-corrected chi connectivity index (χ1v) is 13.4. The molecule has 3 aromatic heterocycles. The van der Waals surface area contributed by atoms with Gasteiger partial charge in [0.1, 0.15) is 5.52 Å². The molecule has 9 heteroatoms. The van der Waals surface area contributed by atoms with Gasteiger partial charge in [0.05, 0.1) is 23.9 Å². The Morgan fingerprint density at radius 2 is 1.97 bits per heavy atom. The van der Waals surface area contributed by atoms with E-state index >= 15 is 0 Å². The van der Waals surface area contributed by atoms with Crippen molar-refractivity contribution in [3.8, 4) is 5.95 Å². The summed E-state index contributed by atoms with van der Waals surface area (Å²) in [5, 5.41) is 9.44. The van der Waals surface area contributed by atoms with Crippen molar-refractivity contribution in [3.05, 3.63) is 89.2 Å². The number of hydrogen-bond donors (Lipinski definition) is 2. The maximum Gasteiger partial charge on any atom is 0.254 e. The highest BCUT2D eigenvalue weighted by Gasteiger charge is 2.42. The van der Waals surface area contributed by atoms with Crippen molar-refractivity contribution in [2.45, 2.75) is 45.0 Å². The topological polar surface area (TPSA) is 103 Å². The molecule has 3 unspecified atom stereocenters. The third-order valence-electron chi connectivity index (χ3n) is 8.20. The summed E-state index contributed by atoms with van der Waals surface area (Å²) in [7, 11) is 0. The number of nitrogens with two attached hydrogens (primary N) is 1. The molecule has 2 saturated heterocycles. The van der Waals surface area contributed by atoms with Gasteiger partial charge in [0.15, 0.2) is 5.82 Å². The van der Waals surface area contributed by atoms with Crippen molar-refractivity contribution in [1.29, 1.82) is 0 Å². The Balaban J connectivity index is 1.37. The lowest BCUT2D eigenvalue weighted by Gasteiger charge is -2.32. The van der Waals surface area contributed by atoms with Crippen LogP contribution in [0.5, 0.6) is 0 Å². The number of nitrogens with zero attached hydrogens (tertiary/aromatic N) is 5. The summed E-state index contributed by atoms with van der Waals surface area (Å²) < 4.78 is 9.88. The summed E-state index contributed by atoms with van der Waals surface area (Å²) in [6, 6.07) is 22.7. The minimum Gasteiger partial charge on any atom is -0.375 e. The Kier molecular flexibility index (Phi) is 5.64. The van der Waals surface area contributed by atoms with Gasteiger partial charge in [-0.25, -0.2) is 4.52 Å². The van der Waals surface area contributed by atoms with E-state index in [-0.39, 0.29) is 6.04 Å². The zero-order valence-electron chi connectivity index (χ0n) is 22.0. The summed E-state index contributed by atoms with van der Waals surface area (Å²) in [6.45, 7) is 6.60. The molecule has 5 aromatic rings. The minimum atomic E-state index is -0.454. The van der Waals surface area contributed by atoms with Crippen molar-refractivity contribution in [1.82, 2.24) is 24.1 Å². The van der Waals surface area contributed by atoms with Crippen LogP contribution in [0.1, 0.15) is 46.7 Å². The van der Waals surface area contributed by atoms with Gasteiger partial charge < -0.3 is 15.8 Å². The molecule has 1 amide bonds. The molecule has 0 spiro atoms. The van der Waals surface area contributed by atoms with E-state index < -0.39 is 5.91 Å². The molecule has 2 aliphatic heterocycles. The second kappa shape index (κ2) is 9.21. The zero-order valence-corrected chi connectivity index (χ0v) is 22.0. The van der Waals surface area contributed by atoms with Crippen LogP contribution in [0.15, 0.2) is 66.7 Å². The molecule has 198 valence electrons. The standard InChI is InChI=1S/C30H31N7O2/c1-18-13-24-23(28(31)38)9-6-10-26(24)36(18)30-33-29(32-15-20-7-4-3-5-8-20)27-12-11-25(37(27)34-30)19(2)35-16-22-14-21(35)17-39-22/h3-13,19,21-22H,14-17H2,1-2H3,(H2,31,38)(H,32,33,34). The number of fused-ring (bicyclic) bond motifs is 4. The predicted octanol–water partition coefficient (Wildman–Crippen LogP) is 4.23. The van der Waals surface area contributed by atoms with Crippen molar-refractivity contribution in [2.75, 3.05) is 18.5 Å². The molecule has 0 radical (unpaired) electrons. The minimum absolute atomic E-state index is 0.167. The summed E-state index contributed by atoms with van der Waals surface area (Å²) in [5.74, 6) is 0.828. The number of hydrogen-bond acceptors (Lipinski definition) is 6. The third kappa shape index (κ3) is 3.97. The highest BCUT2D eigenvalue weighted by Crippen LogP contribution is 2.36. The van der Waals surface area contributed by atoms with Crippen molar-refractivity contribution < 1.29 is 9.53 Å². The smallest absolute Gasteiger partial charge is 0.254 e. The summed E-state index contributed by atoms with van der Waals surface area (Å²) >= 11 is 0. The lowest BCUT2D eigenvalue weighted by Crippen LogP contribution is -2.39. The fourth-order valence-electron chi connectivity index (χ4n) is 6.24. The first-order valence-electron chi connectivity index (χ1n) is 13.4. The average Bonchev–Trinajstić information content (AvgIpc) is 3.73. The van der Waals surface area contributed by atoms with Gasteiger partial charge in [0.25, 0.3) is 5.95 Å². The number of aromatic nitrogens is 4. The average molecular weight is 522 g/mol. The van der Waals surface area contributed by atoms with E-state index in [0.717, 1.165) is 58.8 Å². The van der Waals surface area contributed by atoms with E-state index in [4.69, 9.17) is 20.6 Å². The second-order valence-electron chi connectivity index (χ2n) is 10.6.